The molecule has 3 fully saturated rings. The van der Waals surface area contributed by atoms with Crippen LogP contribution in [0.5, 0.6) is 0 Å². The zero-order chi connectivity index (χ0) is 67.7. The topological polar surface area (TPSA) is 318 Å². The second-order valence-corrected chi connectivity index (χ2v) is 25.4. The van der Waals surface area contributed by atoms with Gasteiger partial charge in [0.05, 0.1) is 57.6 Å². The molecule has 5 amide bonds. The van der Waals surface area contributed by atoms with Gasteiger partial charge >= 0.3 is 0 Å². The summed E-state index contributed by atoms with van der Waals surface area (Å²) in [4.78, 5) is 101. The fraction of sp³-hybridized carbons (Fsp3) is 0.385. The number of hydrogen-bond donors (Lipinski definition) is 9. The molecular weight excluding hydrogens is 1350 g/mol. The van der Waals surface area contributed by atoms with E-state index in [1.165, 1.54) is 49.8 Å². The standard InChI is InChI=1S/C30H33ClN8O3.C24H24ClN7O2.C5H12NOP.C4H4BrClO.C2H7N/c1-39(2)14-6-11-25(40)34-20-12-13-24(32-16-20)28(41)35-18-7-5-8-19(15-18)36-30-33-17-22(31)27(38-30)26-21-9-3-4-10-23(21)37-29(26)42;25-17-12-28-24(32-21(17)20-16-6-1-2-7-18(16)31-23(20)34)30-15-5-3-4-14(10-15)29-22(33)19-9-8-13(26)11-27-19;1-6(8)5-3-2-4-7-5;5-3-1-2-4(6)7;1-3-2/h3-4,6,9-13,16-19,26H,5,7-8,14-15H2,1-2H3,(H,34,40)(H,35,41)(H,37,42)(H,33,36,38);1-2,6-9,11-12,14-15,20H,3-5,10,26H2,(H,29,33)(H,31,34)(H,28,30,32);5H,2-4,8H2,1H3;1-2H,3H2;3H,1-2H3/b11-6+;;;2-1+;/t18-,19+,26?;14-,15+,20?;;;/m00.../s1. The highest BCUT2D eigenvalue weighted by molar-refractivity contribution is 9.09. The summed E-state index contributed by atoms with van der Waals surface area (Å²) in [5.74, 6) is -1.49. The fourth-order valence-corrected chi connectivity index (χ4v) is 11.7. The Balaban J connectivity index is 0.000000213. The first-order chi connectivity index (χ1) is 45.2. The molecule has 4 unspecified atom stereocenters. The second kappa shape index (κ2) is 37.5. The highest BCUT2D eigenvalue weighted by Crippen LogP contribution is 2.41. The number of nitrogens with one attached hydrogen (secondary N) is 8. The number of anilines is 6. The number of hydrogen-bond acceptors (Lipinski definition) is 19. The first-order valence-corrected chi connectivity index (χ1v) is 33.4. The number of halogens is 4. The number of benzene rings is 2. The summed E-state index contributed by atoms with van der Waals surface area (Å²) in [6, 6.07) is 21.5. The van der Waals surface area contributed by atoms with Crippen LogP contribution in [0.4, 0.5) is 34.6 Å². The average molecular weight is 1430 g/mol. The Morgan fingerprint density at radius 1 is 0.670 bits per heavy atom. The van der Waals surface area contributed by atoms with Gasteiger partial charge in [-0.1, -0.05) is 97.1 Å². The van der Waals surface area contributed by atoms with Crippen LogP contribution in [-0.2, 0) is 23.9 Å². The van der Waals surface area contributed by atoms with Crippen LogP contribution in [-0.4, -0.2) is 158 Å². The molecule has 2 saturated carbocycles. The third-order valence-corrected chi connectivity index (χ3v) is 16.5. The number of nitrogens with zero attached hydrogens (tertiary/aromatic N) is 8. The number of carbonyl (C=O) groups excluding carboxylic acids is 6. The van der Waals surface area contributed by atoms with E-state index in [-0.39, 0.29) is 59.4 Å². The van der Waals surface area contributed by atoms with E-state index < -0.39 is 17.1 Å². The van der Waals surface area contributed by atoms with Crippen LogP contribution in [0.1, 0.15) is 120 Å². The molecule has 3 aliphatic heterocycles. The number of nitrogens with two attached hydrogens (primary N) is 1. The number of fused-ring (bicyclic) bond motifs is 2. The van der Waals surface area contributed by atoms with E-state index >= 15 is 0 Å². The minimum Gasteiger partial charge on any atom is -0.397 e. The van der Waals surface area contributed by atoms with Crippen molar-refractivity contribution >= 4 is 130 Å². The summed E-state index contributed by atoms with van der Waals surface area (Å²) < 4.78 is 7.35. The van der Waals surface area contributed by atoms with Gasteiger partial charge in [-0.15, -0.1) is 0 Å². The van der Waals surface area contributed by atoms with E-state index in [2.05, 4.69) is 97.8 Å². The van der Waals surface area contributed by atoms with E-state index in [0.717, 1.165) is 74.1 Å². The van der Waals surface area contributed by atoms with Gasteiger partial charge in [0.15, 0.2) is 0 Å². The number of nitrogen functional groups attached to an aromatic ring is 1. The molecule has 1 saturated heterocycles. The molecule has 4 aromatic heterocycles. The zero-order valence-electron chi connectivity index (χ0n) is 52.9. The molecule has 7 heterocycles. The Hall–Kier alpha value is -7.58. The lowest BCUT2D eigenvalue weighted by atomic mass is 9.91. The number of allylic oxidation sites excluding steroid dienone is 2. The largest absolute Gasteiger partial charge is 0.397 e. The normalized spacial score (nSPS) is 20.1. The quantitative estimate of drug-likeness (QED) is 0.0178. The lowest BCUT2D eigenvalue weighted by molar-refractivity contribution is -0.117. The number of para-hydroxylation sites is 2. The van der Waals surface area contributed by atoms with Gasteiger partial charge in [0, 0.05) is 60.1 Å². The summed E-state index contributed by atoms with van der Waals surface area (Å²) in [6.45, 7) is 1.59. The molecular formula is C65H80BrCl3N17O7P. The number of carbonyl (C=O) groups is 6. The average Bonchev–Trinajstić information content (AvgIpc) is 1.69. The van der Waals surface area contributed by atoms with Crippen LogP contribution in [0.25, 0.3) is 0 Å². The lowest BCUT2D eigenvalue weighted by Gasteiger charge is -2.30. The Morgan fingerprint density at radius 2 is 1.17 bits per heavy atom. The summed E-state index contributed by atoms with van der Waals surface area (Å²) in [6.07, 6.45) is 21.7. The Bertz CT molecular complexity index is 3590. The Labute approximate surface area is 573 Å². The van der Waals surface area contributed by atoms with Crippen molar-refractivity contribution < 1.29 is 33.5 Å². The first kappa shape index (κ1) is 73.8. The maximum atomic E-state index is 12.9. The van der Waals surface area contributed by atoms with Crippen molar-refractivity contribution in [3.63, 3.8) is 0 Å². The van der Waals surface area contributed by atoms with Crippen LogP contribution in [0.3, 0.4) is 0 Å². The maximum absolute atomic E-state index is 12.9. The van der Waals surface area contributed by atoms with Crippen molar-refractivity contribution in [2.75, 3.05) is 86.0 Å². The molecule has 2 aliphatic carbocycles. The molecule has 6 aromatic rings. The van der Waals surface area contributed by atoms with Crippen LogP contribution >= 0.6 is 60.1 Å². The third kappa shape index (κ3) is 22.5. The number of rotatable bonds is 17. The monoisotopic (exact) mass is 1430 g/mol. The van der Waals surface area contributed by atoms with Gasteiger partial charge in [0.1, 0.15) is 29.5 Å². The molecule has 0 spiro atoms. The van der Waals surface area contributed by atoms with Crippen LogP contribution in [0, 0.1) is 0 Å². The van der Waals surface area contributed by atoms with Crippen molar-refractivity contribution in [1.82, 2.24) is 55.4 Å². The number of ether oxygens (including phenoxy) is 1. The van der Waals surface area contributed by atoms with Gasteiger partial charge in [0.2, 0.25) is 34.9 Å². The summed E-state index contributed by atoms with van der Waals surface area (Å²) in [5, 5.41) is 25.0. The number of alkyl halides is 1. The molecule has 10 N–H and O–H groups in total. The van der Waals surface area contributed by atoms with Crippen molar-refractivity contribution in [3.8, 4) is 0 Å². The van der Waals surface area contributed by atoms with E-state index in [1.54, 1.807) is 36.4 Å². The lowest BCUT2D eigenvalue weighted by Crippen LogP contribution is -2.42. The maximum Gasteiger partial charge on any atom is 0.270 e. The Kier molecular flexibility index (Phi) is 29.4. The van der Waals surface area contributed by atoms with E-state index in [4.69, 9.17) is 45.3 Å². The number of likely N-dealkylation sites (N-methyl/N-ethyl adjacent to an activating group) is 1. The number of pyridine rings is 2. The minimum absolute atomic E-state index is 0.00244. The van der Waals surface area contributed by atoms with Crippen LogP contribution < -0.4 is 48.3 Å². The second-order valence-electron chi connectivity index (χ2n) is 22.8. The van der Waals surface area contributed by atoms with E-state index in [9.17, 15) is 28.8 Å². The highest BCUT2D eigenvalue weighted by atomic mass is 79.9. The summed E-state index contributed by atoms with van der Waals surface area (Å²) in [7, 11) is 12.2. The SMILES string of the molecule is CN(C)C/C=C/C(=O)Nc1ccc(C(=O)N[C@H]2CCC[C@@H](Nc3ncc(Cl)c(C4C(=O)Nc5ccccc54)n3)C2)nc1.CN(P)C1CCCO1.CNC.Nc1ccc(C(=O)N[C@H]2CCC[C@@H](Nc3ncc(Cl)c(C4C(=O)Nc5ccccc54)n3)C2)nc1.O=C(Cl)/C=C/CBr. The van der Waals surface area contributed by atoms with Gasteiger partial charge in [0.25, 0.3) is 11.8 Å². The molecule has 2 aromatic carbocycles. The molecule has 11 rings (SSSR count). The van der Waals surface area contributed by atoms with Crippen molar-refractivity contribution in [2.45, 2.75) is 106 Å². The summed E-state index contributed by atoms with van der Waals surface area (Å²) >= 11 is 20.8. The molecule has 0 radical (unpaired) electrons. The molecule has 5 aliphatic rings. The van der Waals surface area contributed by atoms with Crippen molar-refractivity contribution in [1.29, 1.82) is 0 Å². The number of amides is 5. The minimum atomic E-state index is -0.609. The summed E-state index contributed by atoms with van der Waals surface area (Å²) in [5.41, 5.74) is 11.4. The third-order valence-electron chi connectivity index (χ3n) is 15.1. The van der Waals surface area contributed by atoms with Gasteiger partial charge < -0.3 is 57.9 Å². The first-order valence-electron chi connectivity index (χ1n) is 30.6. The van der Waals surface area contributed by atoms with E-state index in [0.29, 0.717) is 74.9 Å². The predicted octanol–water partition coefficient (Wildman–Crippen LogP) is 9.55. The van der Waals surface area contributed by atoms with Crippen molar-refractivity contribution in [3.05, 3.63) is 166 Å². The van der Waals surface area contributed by atoms with Gasteiger partial charge in [-0.25, -0.2) is 29.9 Å². The van der Waals surface area contributed by atoms with Crippen molar-refractivity contribution in [2.24, 2.45) is 0 Å². The highest BCUT2D eigenvalue weighted by Gasteiger charge is 2.37. The van der Waals surface area contributed by atoms with Crippen LogP contribution in [0.2, 0.25) is 10.0 Å². The molecule has 500 valence electrons. The molecule has 24 nitrogen and oxygen atoms in total. The molecule has 29 heteroatoms. The predicted molar refractivity (Wildman–Crippen MR) is 377 cm³/mol. The zero-order valence-corrected chi connectivity index (χ0v) is 57.9. The van der Waals surface area contributed by atoms with Gasteiger partial charge in [-0.2, -0.15) is 0 Å². The van der Waals surface area contributed by atoms with Gasteiger partial charge in [-0.3, -0.25) is 33.4 Å². The Morgan fingerprint density at radius 3 is 1.59 bits per heavy atom. The molecule has 0 bridgehead atoms. The molecule has 94 heavy (non-hydrogen) atoms. The molecule has 8 atom stereocenters. The van der Waals surface area contributed by atoms with Crippen LogP contribution in [0.15, 0.2) is 122 Å². The smallest absolute Gasteiger partial charge is 0.270 e. The van der Waals surface area contributed by atoms with Gasteiger partial charge in [-0.05, 0) is 165 Å². The number of aromatic nitrogens is 6. The van der Waals surface area contributed by atoms with E-state index in [1.807, 2.05) is 93.3 Å². The fourth-order valence-electron chi connectivity index (χ4n) is 10.8.